The second kappa shape index (κ2) is 9.18. The fourth-order valence-corrected chi connectivity index (χ4v) is 3.20. The minimum atomic E-state index is -0.701. The van der Waals surface area contributed by atoms with Crippen molar-refractivity contribution < 1.29 is 9.53 Å². The number of benzene rings is 1. The third-order valence-electron chi connectivity index (χ3n) is 3.87. The molecule has 146 valence electrons. The Labute approximate surface area is 170 Å². The van der Waals surface area contributed by atoms with Gasteiger partial charge in [0.15, 0.2) is 5.69 Å². The quantitative estimate of drug-likeness (QED) is 0.579. The van der Waals surface area contributed by atoms with Crippen molar-refractivity contribution >= 4 is 40.0 Å². The first-order valence-corrected chi connectivity index (χ1v) is 9.53. The number of hydrogen-bond donors (Lipinski definition) is 2. The van der Waals surface area contributed by atoms with Gasteiger partial charge in [0, 0.05) is 29.3 Å². The summed E-state index contributed by atoms with van der Waals surface area (Å²) in [6.07, 6.45) is 0. The van der Waals surface area contributed by atoms with E-state index in [2.05, 4.69) is 27.6 Å². The zero-order valence-corrected chi connectivity index (χ0v) is 17.6. The number of aromatic amines is 1. The first-order valence-electron chi connectivity index (χ1n) is 8.45. The Kier molecular flexibility index (Phi) is 7.19. The number of nitrogens with two attached hydrogens (primary N) is 1. The van der Waals surface area contributed by atoms with Crippen molar-refractivity contribution in [3.63, 3.8) is 0 Å². The maximum atomic E-state index is 13.1. The Hall–Kier alpha value is -2.14. The fraction of sp³-hybridized carbons (Fsp3) is 0.389. The molecule has 0 aliphatic rings. The lowest BCUT2D eigenvalue weighted by Crippen LogP contribution is -2.42. The van der Waals surface area contributed by atoms with E-state index in [1.807, 2.05) is 19.9 Å². The number of hydrogen-bond acceptors (Lipinski definition) is 5. The molecule has 0 saturated heterocycles. The minimum absolute atomic E-state index is 0.0347. The first kappa shape index (κ1) is 21.2. The third-order valence-corrected chi connectivity index (χ3v) is 4.54. The van der Waals surface area contributed by atoms with Gasteiger partial charge in [0.25, 0.3) is 11.5 Å². The lowest BCUT2D eigenvalue weighted by molar-refractivity contribution is 0.0975. The Balaban J connectivity index is 2.61. The van der Waals surface area contributed by atoms with Crippen molar-refractivity contribution in [1.29, 1.82) is 0 Å². The van der Waals surface area contributed by atoms with Gasteiger partial charge < -0.3 is 10.5 Å². The molecule has 3 N–H and O–H groups in total. The van der Waals surface area contributed by atoms with E-state index in [0.29, 0.717) is 12.1 Å². The van der Waals surface area contributed by atoms with Crippen molar-refractivity contribution in [3.8, 4) is 0 Å². The molecule has 0 unspecified atom stereocenters. The molecule has 0 spiro atoms. The smallest absolute Gasteiger partial charge is 0.330 e. The predicted octanol–water partition coefficient (Wildman–Crippen LogP) is 1.67. The number of aromatic nitrogens is 2. The SMILES string of the molecule is COCCN(C(=O)c1cccc(I)c1)c1c(N)n(CC(C)C)c(=O)[nH]c1=O. The second-order valence-electron chi connectivity index (χ2n) is 6.46. The van der Waals surface area contributed by atoms with Crippen LogP contribution in [0, 0.1) is 9.49 Å². The number of amides is 1. The second-order valence-corrected chi connectivity index (χ2v) is 7.70. The highest BCUT2D eigenvalue weighted by molar-refractivity contribution is 14.1. The summed E-state index contributed by atoms with van der Waals surface area (Å²) in [5, 5.41) is 0. The molecule has 8 nitrogen and oxygen atoms in total. The summed E-state index contributed by atoms with van der Waals surface area (Å²) in [6.45, 7) is 4.50. The van der Waals surface area contributed by atoms with E-state index in [9.17, 15) is 14.4 Å². The predicted molar refractivity (Wildman–Crippen MR) is 113 cm³/mol. The van der Waals surface area contributed by atoms with E-state index < -0.39 is 17.2 Å². The van der Waals surface area contributed by atoms with Crippen LogP contribution in [-0.4, -0.2) is 35.7 Å². The zero-order valence-electron chi connectivity index (χ0n) is 15.5. The van der Waals surface area contributed by atoms with Gasteiger partial charge in [-0.25, -0.2) is 4.79 Å². The summed E-state index contributed by atoms with van der Waals surface area (Å²) in [5.74, 6) is -0.298. The van der Waals surface area contributed by atoms with Crippen molar-refractivity contribution in [1.82, 2.24) is 9.55 Å². The summed E-state index contributed by atoms with van der Waals surface area (Å²) in [6, 6.07) is 7.01. The van der Waals surface area contributed by atoms with Crippen LogP contribution in [0.3, 0.4) is 0 Å². The molecule has 0 bridgehead atoms. The average Bonchev–Trinajstić information content (AvgIpc) is 2.60. The number of ether oxygens (including phenoxy) is 1. The maximum absolute atomic E-state index is 13.1. The number of methoxy groups -OCH3 is 1. The number of H-pyrrole nitrogens is 1. The molecule has 1 aromatic heterocycles. The molecule has 0 aliphatic carbocycles. The molecule has 0 aliphatic heterocycles. The van der Waals surface area contributed by atoms with Crippen LogP contribution in [-0.2, 0) is 11.3 Å². The molecule has 1 aromatic carbocycles. The molecule has 27 heavy (non-hydrogen) atoms. The number of halogens is 1. The topological polar surface area (TPSA) is 110 Å². The fourth-order valence-electron chi connectivity index (χ4n) is 2.66. The lowest BCUT2D eigenvalue weighted by Gasteiger charge is -2.24. The van der Waals surface area contributed by atoms with Crippen LogP contribution in [0.2, 0.25) is 0 Å². The van der Waals surface area contributed by atoms with Crippen molar-refractivity contribution in [2.75, 3.05) is 30.9 Å². The monoisotopic (exact) mass is 486 g/mol. The van der Waals surface area contributed by atoms with Crippen LogP contribution in [0.15, 0.2) is 33.9 Å². The van der Waals surface area contributed by atoms with Crippen LogP contribution in [0.1, 0.15) is 24.2 Å². The van der Waals surface area contributed by atoms with Gasteiger partial charge in [0.05, 0.1) is 6.61 Å². The zero-order chi connectivity index (χ0) is 20.1. The number of rotatable bonds is 7. The Morgan fingerprint density at radius 2 is 2.07 bits per heavy atom. The standard InChI is InChI=1S/C18H23IN4O4/c1-11(2)10-23-15(20)14(16(24)21-18(23)26)22(7-8-27-3)17(25)12-5-4-6-13(19)9-12/h4-6,9,11H,7-8,10,20H2,1-3H3,(H,21,24,26). The van der Waals surface area contributed by atoms with Crippen LogP contribution in [0.5, 0.6) is 0 Å². The van der Waals surface area contributed by atoms with Gasteiger partial charge in [0.1, 0.15) is 5.82 Å². The molecule has 2 rings (SSSR count). The van der Waals surface area contributed by atoms with Gasteiger partial charge in [-0.15, -0.1) is 0 Å². The summed E-state index contributed by atoms with van der Waals surface area (Å²) in [7, 11) is 1.50. The molecule has 0 atom stereocenters. The summed E-state index contributed by atoms with van der Waals surface area (Å²) in [4.78, 5) is 41.3. The number of nitrogen functional groups attached to an aromatic ring is 1. The highest BCUT2D eigenvalue weighted by Gasteiger charge is 2.25. The Bertz CT molecular complexity index is 936. The van der Waals surface area contributed by atoms with Crippen LogP contribution < -0.4 is 21.9 Å². The largest absolute Gasteiger partial charge is 0.383 e. The third kappa shape index (κ3) is 4.98. The van der Waals surface area contributed by atoms with Crippen LogP contribution in [0.4, 0.5) is 11.5 Å². The number of nitrogens with one attached hydrogen (secondary N) is 1. The van der Waals surface area contributed by atoms with Crippen LogP contribution in [0.25, 0.3) is 0 Å². The van der Waals surface area contributed by atoms with Gasteiger partial charge in [-0.2, -0.15) is 0 Å². The van der Waals surface area contributed by atoms with Gasteiger partial charge in [-0.05, 0) is 46.7 Å². The summed E-state index contributed by atoms with van der Waals surface area (Å²) < 4.78 is 7.25. The van der Waals surface area contributed by atoms with Gasteiger partial charge in [-0.3, -0.25) is 24.0 Å². The molecule has 1 amide bonds. The molecule has 1 heterocycles. The Morgan fingerprint density at radius 1 is 1.37 bits per heavy atom. The molecule has 9 heteroatoms. The summed E-state index contributed by atoms with van der Waals surface area (Å²) in [5.41, 5.74) is 5.23. The number of nitrogens with zero attached hydrogens (tertiary/aromatic N) is 2. The lowest BCUT2D eigenvalue weighted by atomic mass is 10.2. The Morgan fingerprint density at radius 3 is 2.67 bits per heavy atom. The highest BCUT2D eigenvalue weighted by atomic mass is 127. The van der Waals surface area contributed by atoms with Gasteiger partial charge >= 0.3 is 5.69 Å². The number of carbonyl (C=O) groups excluding carboxylic acids is 1. The van der Waals surface area contributed by atoms with E-state index in [4.69, 9.17) is 10.5 Å². The number of carbonyl (C=O) groups is 1. The van der Waals surface area contributed by atoms with E-state index in [1.54, 1.807) is 18.2 Å². The molecule has 2 aromatic rings. The molecular weight excluding hydrogens is 463 g/mol. The van der Waals surface area contributed by atoms with E-state index in [0.717, 1.165) is 3.57 Å². The normalized spacial score (nSPS) is 11.0. The van der Waals surface area contributed by atoms with Crippen LogP contribution >= 0.6 is 22.6 Å². The maximum Gasteiger partial charge on any atom is 0.330 e. The van der Waals surface area contributed by atoms with E-state index in [-0.39, 0.29) is 30.6 Å². The van der Waals surface area contributed by atoms with Crippen molar-refractivity contribution in [3.05, 3.63) is 54.2 Å². The van der Waals surface area contributed by atoms with Crippen molar-refractivity contribution in [2.24, 2.45) is 5.92 Å². The molecule has 0 fully saturated rings. The first-order chi connectivity index (χ1) is 12.8. The van der Waals surface area contributed by atoms with Gasteiger partial charge in [0.2, 0.25) is 0 Å². The van der Waals surface area contributed by atoms with Crippen molar-refractivity contribution in [2.45, 2.75) is 20.4 Å². The number of anilines is 2. The van der Waals surface area contributed by atoms with E-state index in [1.165, 1.54) is 16.6 Å². The molecule has 0 radical (unpaired) electrons. The van der Waals surface area contributed by atoms with Gasteiger partial charge in [-0.1, -0.05) is 19.9 Å². The highest BCUT2D eigenvalue weighted by Crippen LogP contribution is 2.20. The minimum Gasteiger partial charge on any atom is -0.383 e. The van der Waals surface area contributed by atoms with E-state index >= 15 is 0 Å². The average molecular weight is 486 g/mol. The molecular formula is C18H23IN4O4. The summed E-state index contributed by atoms with van der Waals surface area (Å²) >= 11 is 2.11. The molecule has 0 saturated carbocycles.